The Morgan fingerprint density at radius 1 is 1.37 bits per heavy atom. The Morgan fingerprint density at radius 2 is 2.10 bits per heavy atom. The van der Waals surface area contributed by atoms with Gasteiger partial charge in [-0.05, 0) is 30.7 Å². The molecule has 0 spiro atoms. The second-order valence-corrected chi connectivity index (χ2v) is 6.71. The largest absolute Gasteiger partial charge is 0.447 e. The van der Waals surface area contributed by atoms with Crippen LogP contribution in [0.5, 0.6) is 0 Å². The van der Waals surface area contributed by atoms with Crippen LogP contribution in [0.25, 0.3) is 0 Å². The molecule has 3 N–H and O–H groups in total. The maximum atomic E-state index is 13.1. The summed E-state index contributed by atoms with van der Waals surface area (Å²) in [5.74, 6) is -1.49. The molecule has 11 heteroatoms. The molecule has 0 radical (unpaired) electrons. The Labute approximate surface area is 171 Å². The molecule has 2 heterocycles. The van der Waals surface area contributed by atoms with Gasteiger partial charge in [0, 0.05) is 25.0 Å². The summed E-state index contributed by atoms with van der Waals surface area (Å²) in [6, 6.07) is 7.06. The Kier molecular flexibility index (Phi) is 6.46. The van der Waals surface area contributed by atoms with Crippen molar-refractivity contribution in [1.82, 2.24) is 14.7 Å². The third kappa shape index (κ3) is 4.65. The summed E-state index contributed by atoms with van der Waals surface area (Å²) in [6.45, 7) is -0.756. The molecule has 2 atom stereocenters. The number of nitrogens with one attached hydrogen (secondary N) is 1. The molecule has 158 valence electrons. The van der Waals surface area contributed by atoms with Crippen LogP contribution in [-0.4, -0.2) is 53.1 Å². The van der Waals surface area contributed by atoms with E-state index in [9.17, 15) is 23.6 Å². The van der Waals surface area contributed by atoms with E-state index in [4.69, 9.17) is 10.5 Å². The third-order valence-electron chi connectivity index (χ3n) is 4.75. The normalized spacial score (nSPS) is 18.5. The summed E-state index contributed by atoms with van der Waals surface area (Å²) < 4.78 is 31.6. The van der Waals surface area contributed by atoms with E-state index in [1.807, 2.05) is 0 Å². The number of alkyl halides is 1. The lowest BCUT2D eigenvalue weighted by Crippen LogP contribution is -2.44. The minimum atomic E-state index is -0.788. The van der Waals surface area contributed by atoms with E-state index in [-0.39, 0.29) is 31.1 Å². The van der Waals surface area contributed by atoms with E-state index < -0.39 is 36.5 Å². The van der Waals surface area contributed by atoms with Crippen LogP contribution in [0.15, 0.2) is 30.5 Å². The van der Waals surface area contributed by atoms with Crippen LogP contribution in [0.2, 0.25) is 0 Å². The monoisotopic (exact) mass is 418 g/mol. The molecule has 2 aromatic rings. The van der Waals surface area contributed by atoms with Gasteiger partial charge in [0.25, 0.3) is 5.91 Å². The lowest BCUT2D eigenvalue weighted by molar-refractivity contribution is 0.0722. The SMILES string of the molecule is N#C[C@H]1CCN(C(=O)OCCF)C[C@@H]1n1cc(C(N)=O)c(Nc2ccc(F)cc2)n1. The van der Waals surface area contributed by atoms with Crippen molar-refractivity contribution >= 4 is 23.5 Å². The Balaban J connectivity index is 1.86. The zero-order valence-electron chi connectivity index (χ0n) is 15.9. The molecule has 0 saturated carbocycles. The molecule has 0 bridgehead atoms. The zero-order chi connectivity index (χ0) is 21.7. The van der Waals surface area contributed by atoms with Gasteiger partial charge < -0.3 is 20.7 Å². The average molecular weight is 418 g/mol. The standard InChI is InChI=1S/C19H20F2N6O3/c20-6-8-30-19(29)26-7-5-12(9-22)16(11-26)27-10-15(17(23)28)18(25-27)24-14-3-1-13(21)2-4-14/h1-4,10,12,16H,5-8,11H2,(H2,23,28)(H,24,25)/t12-,16+/m1/s1. The molecule has 1 aliphatic heterocycles. The number of hydrogen-bond acceptors (Lipinski definition) is 6. The Hall–Kier alpha value is -3.68. The molecule has 1 fully saturated rings. The van der Waals surface area contributed by atoms with Crippen molar-refractivity contribution in [3.63, 3.8) is 0 Å². The smallest absolute Gasteiger partial charge is 0.409 e. The number of carbonyl (C=O) groups is 2. The van der Waals surface area contributed by atoms with E-state index in [2.05, 4.69) is 16.5 Å². The summed E-state index contributed by atoms with van der Waals surface area (Å²) in [5.41, 5.74) is 6.02. The van der Waals surface area contributed by atoms with Crippen LogP contribution in [0.1, 0.15) is 22.8 Å². The highest BCUT2D eigenvalue weighted by atomic mass is 19.1. The van der Waals surface area contributed by atoms with Gasteiger partial charge in [0.2, 0.25) is 0 Å². The highest BCUT2D eigenvalue weighted by molar-refractivity contribution is 5.98. The number of rotatable bonds is 6. The highest BCUT2D eigenvalue weighted by Crippen LogP contribution is 2.30. The van der Waals surface area contributed by atoms with E-state index >= 15 is 0 Å². The fourth-order valence-corrected chi connectivity index (χ4v) is 3.24. The van der Waals surface area contributed by atoms with Gasteiger partial charge in [-0.3, -0.25) is 9.48 Å². The first-order valence-electron chi connectivity index (χ1n) is 9.21. The highest BCUT2D eigenvalue weighted by Gasteiger charge is 2.35. The van der Waals surface area contributed by atoms with Crippen molar-refractivity contribution in [3.8, 4) is 6.07 Å². The maximum absolute atomic E-state index is 13.1. The number of nitrogens with zero attached hydrogens (tertiary/aromatic N) is 4. The van der Waals surface area contributed by atoms with Crippen LogP contribution >= 0.6 is 0 Å². The first kappa shape index (κ1) is 21.0. The maximum Gasteiger partial charge on any atom is 0.409 e. The molecule has 0 aliphatic carbocycles. The van der Waals surface area contributed by atoms with Crippen molar-refractivity contribution in [2.45, 2.75) is 12.5 Å². The summed E-state index contributed by atoms with van der Waals surface area (Å²) in [4.78, 5) is 25.3. The van der Waals surface area contributed by atoms with Gasteiger partial charge in [-0.15, -0.1) is 0 Å². The van der Waals surface area contributed by atoms with E-state index in [1.54, 1.807) is 0 Å². The van der Waals surface area contributed by atoms with E-state index in [0.29, 0.717) is 12.1 Å². The summed E-state index contributed by atoms with van der Waals surface area (Å²) >= 11 is 0. The fraction of sp³-hybridized carbons (Fsp3) is 0.368. The number of amides is 2. The summed E-state index contributed by atoms with van der Waals surface area (Å²) in [6.07, 6.45) is 1.08. The van der Waals surface area contributed by atoms with Gasteiger partial charge in [-0.2, -0.15) is 10.4 Å². The number of anilines is 2. The number of carbonyl (C=O) groups excluding carboxylic acids is 2. The summed E-state index contributed by atoms with van der Waals surface area (Å²) in [7, 11) is 0. The number of nitriles is 1. The second kappa shape index (κ2) is 9.21. The molecule has 0 unspecified atom stereocenters. The lowest BCUT2D eigenvalue weighted by atomic mass is 9.93. The van der Waals surface area contributed by atoms with Crippen LogP contribution in [0, 0.1) is 23.1 Å². The van der Waals surface area contributed by atoms with Crippen LogP contribution in [-0.2, 0) is 4.74 Å². The number of halogens is 2. The predicted molar refractivity (Wildman–Crippen MR) is 102 cm³/mol. The number of hydrogen-bond donors (Lipinski definition) is 2. The minimum absolute atomic E-state index is 0.0770. The van der Waals surface area contributed by atoms with Gasteiger partial charge in [-0.1, -0.05) is 0 Å². The molecule has 30 heavy (non-hydrogen) atoms. The van der Waals surface area contributed by atoms with Gasteiger partial charge in [-0.25, -0.2) is 13.6 Å². The predicted octanol–water partition coefficient (Wildman–Crippen LogP) is 2.36. The molecule has 1 saturated heterocycles. The van der Waals surface area contributed by atoms with Gasteiger partial charge in [0.1, 0.15) is 24.7 Å². The number of benzene rings is 1. The lowest BCUT2D eigenvalue weighted by Gasteiger charge is -2.35. The van der Waals surface area contributed by atoms with Gasteiger partial charge in [0.15, 0.2) is 5.82 Å². The molecule has 1 aromatic heterocycles. The van der Waals surface area contributed by atoms with Crippen LogP contribution in [0.4, 0.5) is 25.1 Å². The molecule has 3 rings (SSSR count). The molecular weight excluding hydrogens is 398 g/mol. The number of aromatic nitrogens is 2. The van der Waals surface area contributed by atoms with E-state index in [0.717, 1.165) is 0 Å². The molecular formula is C19H20F2N6O3. The number of nitrogens with two attached hydrogens (primary N) is 1. The number of piperidine rings is 1. The van der Waals surface area contributed by atoms with Crippen molar-refractivity contribution in [3.05, 3.63) is 41.8 Å². The van der Waals surface area contributed by atoms with E-state index in [1.165, 1.54) is 40.0 Å². The molecule has 1 aliphatic rings. The van der Waals surface area contributed by atoms with Gasteiger partial charge in [0.05, 0.1) is 18.0 Å². The fourth-order valence-electron chi connectivity index (χ4n) is 3.24. The number of primary amides is 1. The minimum Gasteiger partial charge on any atom is -0.447 e. The van der Waals surface area contributed by atoms with Crippen molar-refractivity contribution in [2.24, 2.45) is 11.7 Å². The molecule has 9 nitrogen and oxygen atoms in total. The number of likely N-dealkylation sites (tertiary alicyclic amines) is 1. The quantitative estimate of drug-likeness (QED) is 0.742. The van der Waals surface area contributed by atoms with Crippen LogP contribution < -0.4 is 11.1 Å². The third-order valence-corrected chi connectivity index (χ3v) is 4.75. The van der Waals surface area contributed by atoms with Crippen molar-refractivity contribution in [2.75, 3.05) is 31.7 Å². The molecule has 2 amide bonds. The average Bonchev–Trinajstić information content (AvgIpc) is 3.17. The van der Waals surface area contributed by atoms with Crippen molar-refractivity contribution < 1.29 is 23.1 Å². The first-order valence-corrected chi connectivity index (χ1v) is 9.21. The Bertz CT molecular complexity index is 956. The second-order valence-electron chi connectivity index (χ2n) is 6.71. The first-order chi connectivity index (χ1) is 14.4. The zero-order valence-corrected chi connectivity index (χ0v) is 15.9. The van der Waals surface area contributed by atoms with Gasteiger partial charge >= 0.3 is 6.09 Å². The molecule has 1 aromatic carbocycles. The summed E-state index contributed by atoms with van der Waals surface area (Å²) in [5, 5.41) is 16.8. The Morgan fingerprint density at radius 3 is 2.73 bits per heavy atom. The topological polar surface area (TPSA) is 126 Å². The van der Waals surface area contributed by atoms with Crippen LogP contribution in [0.3, 0.4) is 0 Å². The van der Waals surface area contributed by atoms with Crippen molar-refractivity contribution in [1.29, 1.82) is 5.26 Å². The number of ether oxygens (including phenoxy) is 1.